The van der Waals surface area contributed by atoms with Gasteiger partial charge in [0.2, 0.25) is 30.5 Å². The van der Waals surface area contributed by atoms with Gasteiger partial charge in [0.05, 0.1) is 22.6 Å². The van der Waals surface area contributed by atoms with Crippen molar-refractivity contribution >= 4 is 89.5 Å². The normalized spacial score (nSPS) is 23.2. The van der Waals surface area contributed by atoms with Crippen molar-refractivity contribution in [2.75, 3.05) is 75.3 Å². The number of fused-ring (bicyclic) bond motifs is 6. The summed E-state index contributed by atoms with van der Waals surface area (Å²) in [4.78, 5) is 50.0. The van der Waals surface area contributed by atoms with E-state index in [4.69, 9.17) is 19.4 Å². The summed E-state index contributed by atoms with van der Waals surface area (Å²) >= 11 is 1.21. The first-order chi connectivity index (χ1) is 29.7. The maximum Gasteiger partial charge on any atom is 0.239 e. The largest absolute Gasteiger partial charge is 0.454 e. The summed E-state index contributed by atoms with van der Waals surface area (Å²) in [6.07, 6.45) is 21.3. The number of hydrogen-bond acceptors (Lipinski definition) is 13. The molecule has 62 heavy (non-hydrogen) atoms. The van der Waals surface area contributed by atoms with E-state index in [0.717, 1.165) is 119 Å². The minimum Gasteiger partial charge on any atom is -0.454 e. The molecule has 2 saturated carbocycles. The Hall–Kier alpha value is -4.74. The number of carbonyl (C=O) groups is 2. The number of benzene rings is 2. The predicted molar refractivity (Wildman–Crippen MR) is 251 cm³/mol. The highest BCUT2D eigenvalue weighted by Crippen LogP contribution is 2.60. The summed E-state index contributed by atoms with van der Waals surface area (Å²) in [6.45, 7) is 4.29. The molecule has 326 valence electrons. The Morgan fingerprint density at radius 1 is 0.645 bits per heavy atom. The number of aryl methyl sites for hydroxylation is 2. The molecule has 0 radical (unpaired) electrons. The first-order valence-corrected chi connectivity index (χ1v) is 28.0. The van der Waals surface area contributed by atoms with Crippen LogP contribution in [0.2, 0.25) is 0 Å². The van der Waals surface area contributed by atoms with Crippen LogP contribution in [0.3, 0.4) is 0 Å². The molecule has 3 aromatic heterocycles. The Bertz CT molecular complexity index is 2660. The molecule has 0 atom stereocenters. The number of anilines is 6. The monoisotopic (exact) mass is 894 g/mol. The Labute approximate surface area is 369 Å². The highest BCUT2D eigenvalue weighted by atomic mass is 32.3. The number of hydrogen-bond donors (Lipinski definition) is 2. The molecule has 14 nitrogen and oxygen atoms in total. The maximum atomic E-state index is 13.5. The van der Waals surface area contributed by atoms with Crippen LogP contribution in [0.25, 0.3) is 11.0 Å². The molecule has 2 amide bonds. The molecule has 2 spiro atoms. The molecule has 12 rings (SSSR count). The SMILES string of the molecule is Cc1cc2c(cc1Nc1ncc3c(n1)N(C1CCS(C)(C)CC1)C(=O)C31CC1)OCO2.Cc1cc2nsnc2cc1Nc1ncc2c(n1)N(C1CCS(C)(C)CC1)C(=O)C21CC1. The smallest absolute Gasteiger partial charge is 0.239 e. The molecule has 0 bridgehead atoms. The lowest BCUT2D eigenvalue weighted by atomic mass is 10.0. The molecule has 17 heteroatoms. The van der Waals surface area contributed by atoms with Crippen molar-refractivity contribution in [1.29, 1.82) is 0 Å². The third-order valence-corrected chi connectivity index (χ3v) is 20.3. The molecule has 2 saturated heterocycles. The van der Waals surface area contributed by atoms with Gasteiger partial charge < -0.3 is 20.1 Å². The van der Waals surface area contributed by atoms with E-state index in [0.29, 0.717) is 11.9 Å². The molecule has 2 aliphatic carbocycles. The van der Waals surface area contributed by atoms with Gasteiger partial charge in [0, 0.05) is 53.0 Å². The van der Waals surface area contributed by atoms with Crippen LogP contribution in [0.15, 0.2) is 36.7 Å². The molecular weight excluding hydrogens is 841 g/mol. The van der Waals surface area contributed by atoms with Gasteiger partial charge in [0.25, 0.3) is 0 Å². The first kappa shape index (κ1) is 40.1. The van der Waals surface area contributed by atoms with Crippen molar-refractivity contribution in [3.05, 3.63) is 58.9 Å². The average Bonchev–Trinajstić information content (AvgIpc) is 4.09. The molecule has 7 aliphatic rings. The Kier molecular flexibility index (Phi) is 9.30. The predicted octanol–water partition coefficient (Wildman–Crippen LogP) is 8.00. The van der Waals surface area contributed by atoms with E-state index < -0.39 is 20.1 Å². The Balaban J connectivity index is 0.000000139. The molecule has 5 aliphatic heterocycles. The van der Waals surface area contributed by atoms with Crippen LogP contribution in [0.1, 0.15) is 73.6 Å². The van der Waals surface area contributed by atoms with Crippen molar-refractivity contribution in [2.24, 2.45) is 0 Å². The third kappa shape index (κ3) is 6.75. The molecule has 5 aromatic rings. The summed E-state index contributed by atoms with van der Waals surface area (Å²) in [7, 11) is -1.03. The summed E-state index contributed by atoms with van der Waals surface area (Å²) in [5.74, 6) is 9.54. The number of amides is 2. The summed E-state index contributed by atoms with van der Waals surface area (Å²) in [5, 5.41) is 6.70. The van der Waals surface area contributed by atoms with Gasteiger partial charge in [-0.1, -0.05) is 0 Å². The van der Waals surface area contributed by atoms with E-state index in [9.17, 15) is 9.59 Å². The van der Waals surface area contributed by atoms with E-state index in [1.807, 2.05) is 60.3 Å². The van der Waals surface area contributed by atoms with Crippen molar-refractivity contribution in [2.45, 2.75) is 88.1 Å². The second kappa shape index (κ2) is 14.4. The molecular formula is C45H54N10O4S3. The van der Waals surface area contributed by atoms with Crippen LogP contribution in [0, 0.1) is 13.8 Å². The fourth-order valence-electron chi connectivity index (χ4n) is 10.0. The van der Waals surface area contributed by atoms with Gasteiger partial charge in [-0.3, -0.25) is 19.4 Å². The zero-order chi connectivity index (χ0) is 42.8. The standard InChI is InChI=1S/C23H28N4O3S.C22H26N6OS2/c1-14-10-18-19(30-13-29-18)11-17(14)25-22-24-12-16-20(26-22)27(21(28)23(16)6-7-23)15-4-8-31(2,3)9-5-15;1-13-10-17-18(27-30-26-17)11-16(13)24-21-23-12-15-19(25-21)28(20(29)22(15)6-7-22)14-4-8-31(2,3)9-5-14/h10-12,15H,4-9,13H2,1-3H3,(H,24,25,26);10-12,14H,4-9H2,1-3H3,(H,23,24,25). The van der Waals surface area contributed by atoms with Gasteiger partial charge >= 0.3 is 0 Å². The fourth-order valence-corrected chi connectivity index (χ4v) is 14.6. The zero-order valence-corrected chi connectivity index (χ0v) is 38.7. The van der Waals surface area contributed by atoms with Crippen molar-refractivity contribution in [3.63, 3.8) is 0 Å². The lowest BCUT2D eigenvalue weighted by molar-refractivity contribution is -0.121. The van der Waals surface area contributed by atoms with Crippen molar-refractivity contribution in [1.82, 2.24) is 28.7 Å². The van der Waals surface area contributed by atoms with E-state index >= 15 is 0 Å². The van der Waals surface area contributed by atoms with Crippen LogP contribution in [-0.2, 0) is 20.4 Å². The van der Waals surface area contributed by atoms with Gasteiger partial charge in [-0.2, -0.15) is 18.7 Å². The quantitative estimate of drug-likeness (QED) is 0.169. The van der Waals surface area contributed by atoms with Gasteiger partial charge in [-0.15, -0.1) is 0 Å². The fraction of sp³-hybridized carbons (Fsp3) is 0.511. The van der Waals surface area contributed by atoms with Crippen LogP contribution < -0.4 is 29.9 Å². The van der Waals surface area contributed by atoms with Gasteiger partial charge in [0.1, 0.15) is 22.7 Å². The summed E-state index contributed by atoms with van der Waals surface area (Å²) < 4.78 is 19.6. The number of nitrogens with zero attached hydrogens (tertiary/aromatic N) is 8. The average molecular weight is 895 g/mol. The highest BCUT2D eigenvalue weighted by Gasteiger charge is 2.62. The lowest BCUT2D eigenvalue weighted by Crippen LogP contribution is -2.44. The van der Waals surface area contributed by atoms with Crippen LogP contribution in [0.4, 0.5) is 34.9 Å². The lowest BCUT2D eigenvalue weighted by Gasteiger charge is -2.42. The van der Waals surface area contributed by atoms with Gasteiger partial charge in [-0.25, -0.2) is 30.0 Å². The van der Waals surface area contributed by atoms with Crippen LogP contribution >= 0.6 is 31.8 Å². The molecule has 0 unspecified atom stereocenters. The van der Waals surface area contributed by atoms with Gasteiger partial charge in [0.15, 0.2) is 11.5 Å². The number of carbonyl (C=O) groups excluding carboxylic acids is 2. The molecule has 4 fully saturated rings. The number of ether oxygens (including phenoxy) is 2. The van der Waals surface area contributed by atoms with Crippen LogP contribution in [0.5, 0.6) is 11.5 Å². The van der Waals surface area contributed by atoms with Gasteiger partial charge in [-0.05, 0) is 143 Å². The summed E-state index contributed by atoms with van der Waals surface area (Å²) in [6, 6.07) is 8.40. The first-order valence-electron chi connectivity index (χ1n) is 21.7. The topological polar surface area (TPSA) is 160 Å². The van der Waals surface area contributed by atoms with Crippen molar-refractivity contribution in [3.8, 4) is 11.5 Å². The Morgan fingerprint density at radius 3 is 1.56 bits per heavy atom. The van der Waals surface area contributed by atoms with E-state index in [1.165, 1.54) is 34.7 Å². The highest BCUT2D eigenvalue weighted by molar-refractivity contribution is 8.33. The molecule has 2 aromatic carbocycles. The van der Waals surface area contributed by atoms with Crippen LogP contribution in [-0.4, -0.2) is 107 Å². The molecule has 8 heterocycles. The summed E-state index contributed by atoms with van der Waals surface area (Å²) in [5.41, 5.74) is 6.98. The minimum atomic E-state index is -0.517. The van der Waals surface area contributed by atoms with E-state index in [-0.39, 0.29) is 41.5 Å². The Morgan fingerprint density at radius 2 is 1.08 bits per heavy atom. The minimum absolute atomic E-state index is 0.243. The number of nitrogens with one attached hydrogen (secondary N) is 2. The third-order valence-electron chi connectivity index (χ3n) is 14.3. The van der Waals surface area contributed by atoms with E-state index in [2.05, 4.69) is 54.4 Å². The second-order valence-electron chi connectivity index (χ2n) is 19.4. The zero-order valence-electron chi connectivity index (χ0n) is 36.2. The number of aromatic nitrogens is 6. The maximum absolute atomic E-state index is 13.5. The second-order valence-corrected chi connectivity index (χ2v) is 28.6. The van der Waals surface area contributed by atoms with E-state index in [1.54, 1.807) is 0 Å². The number of rotatable bonds is 6. The molecule has 2 N–H and O–H groups in total. The van der Waals surface area contributed by atoms with Crippen molar-refractivity contribution < 1.29 is 19.1 Å².